The lowest BCUT2D eigenvalue weighted by Gasteiger charge is -2.21. The number of benzene rings is 2. The summed E-state index contributed by atoms with van der Waals surface area (Å²) in [5.74, 6) is -1.50. The molecule has 3 aromatic heterocycles. The Morgan fingerprint density at radius 1 is 1.05 bits per heavy atom. The number of hydrogen-bond donors (Lipinski definition) is 4. The molecular formula is C27H25ClFN7O4. The van der Waals surface area contributed by atoms with E-state index in [1.165, 1.54) is 18.5 Å². The number of carbonyl (C=O) groups is 2. The highest BCUT2D eigenvalue weighted by molar-refractivity contribution is 6.36. The van der Waals surface area contributed by atoms with E-state index in [1.54, 1.807) is 24.7 Å². The van der Waals surface area contributed by atoms with Crippen molar-refractivity contribution in [3.8, 4) is 11.1 Å². The second-order valence-electron chi connectivity index (χ2n) is 8.81. The predicted octanol–water partition coefficient (Wildman–Crippen LogP) is 5.64. The molecule has 0 aliphatic heterocycles. The van der Waals surface area contributed by atoms with E-state index in [9.17, 15) is 14.0 Å². The fourth-order valence-electron chi connectivity index (χ4n) is 4.13. The average Bonchev–Trinajstić information content (AvgIpc) is 3.41. The highest BCUT2D eigenvalue weighted by Crippen LogP contribution is 2.39. The van der Waals surface area contributed by atoms with E-state index < -0.39 is 11.9 Å². The summed E-state index contributed by atoms with van der Waals surface area (Å²) >= 11 is 6.56. The zero-order valence-electron chi connectivity index (χ0n) is 21.3. The van der Waals surface area contributed by atoms with Crippen molar-refractivity contribution in [3.05, 3.63) is 71.7 Å². The number of anilines is 1. The van der Waals surface area contributed by atoms with E-state index in [1.807, 2.05) is 19.1 Å². The molecule has 5 rings (SSSR count). The molecule has 11 nitrogen and oxygen atoms in total. The smallest absolute Gasteiger partial charge is 0.303 e. The molecule has 0 aliphatic rings. The summed E-state index contributed by atoms with van der Waals surface area (Å²) < 4.78 is 14.0. The van der Waals surface area contributed by atoms with Crippen LogP contribution in [0.1, 0.15) is 44.2 Å². The van der Waals surface area contributed by atoms with Crippen LogP contribution in [0.3, 0.4) is 0 Å². The number of imidazole rings is 1. The number of aromatic amines is 1. The number of H-pyrrole nitrogens is 1. The highest BCUT2D eigenvalue weighted by atomic mass is 35.5. The summed E-state index contributed by atoms with van der Waals surface area (Å²) in [5, 5.41) is 29.3. The van der Waals surface area contributed by atoms with Crippen molar-refractivity contribution in [1.82, 2.24) is 30.1 Å². The lowest BCUT2D eigenvalue weighted by atomic mass is 9.92. The number of carboxylic acids is 2. The van der Waals surface area contributed by atoms with Gasteiger partial charge in [-0.25, -0.2) is 19.3 Å². The molecule has 5 aromatic rings. The Hall–Kier alpha value is -4.71. The van der Waals surface area contributed by atoms with Crippen LogP contribution in [0.2, 0.25) is 5.02 Å². The first kappa shape index (κ1) is 28.3. The maximum Gasteiger partial charge on any atom is 0.303 e. The van der Waals surface area contributed by atoms with E-state index in [0.717, 1.165) is 16.5 Å². The van der Waals surface area contributed by atoms with Crippen LogP contribution < -0.4 is 5.32 Å². The molecule has 0 saturated carbocycles. The maximum absolute atomic E-state index is 14.0. The Morgan fingerprint density at radius 3 is 2.50 bits per heavy atom. The zero-order valence-corrected chi connectivity index (χ0v) is 22.1. The molecule has 1 atom stereocenters. The van der Waals surface area contributed by atoms with Crippen LogP contribution in [0.4, 0.5) is 10.2 Å². The molecule has 0 radical (unpaired) electrons. The van der Waals surface area contributed by atoms with Crippen LogP contribution in [-0.2, 0) is 9.59 Å². The van der Waals surface area contributed by atoms with Gasteiger partial charge in [-0.05, 0) is 55.2 Å². The normalized spacial score (nSPS) is 11.6. The summed E-state index contributed by atoms with van der Waals surface area (Å²) in [6, 6.07) is 9.81. The number of halogens is 2. The van der Waals surface area contributed by atoms with Gasteiger partial charge in [0.1, 0.15) is 23.2 Å². The molecule has 0 saturated heterocycles. The van der Waals surface area contributed by atoms with Gasteiger partial charge in [0.25, 0.3) is 0 Å². The predicted molar refractivity (Wildman–Crippen MR) is 147 cm³/mol. The third-order valence-electron chi connectivity index (χ3n) is 5.97. The second kappa shape index (κ2) is 12.9. The molecule has 3 heterocycles. The van der Waals surface area contributed by atoms with Crippen LogP contribution in [-0.4, -0.2) is 52.3 Å². The third-order valence-corrected chi connectivity index (χ3v) is 6.28. The van der Waals surface area contributed by atoms with E-state index >= 15 is 0 Å². The Bertz CT molecular complexity index is 1650. The zero-order chi connectivity index (χ0) is 28.6. The van der Waals surface area contributed by atoms with E-state index in [4.69, 9.17) is 21.8 Å². The van der Waals surface area contributed by atoms with Gasteiger partial charge in [-0.1, -0.05) is 23.7 Å². The fraction of sp³-hybridized carbons (Fsp3) is 0.222. The van der Waals surface area contributed by atoms with Crippen molar-refractivity contribution in [3.63, 3.8) is 0 Å². The largest absolute Gasteiger partial charge is 0.481 e. The number of fused-ring (bicyclic) bond motifs is 2. The van der Waals surface area contributed by atoms with Crippen LogP contribution in [0.15, 0.2) is 55.2 Å². The van der Waals surface area contributed by atoms with Crippen molar-refractivity contribution >= 4 is 51.4 Å². The Morgan fingerprint density at radius 2 is 1.80 bits per heavy atom. The minimum atomic E-state index is -0.870. The number of aliphatic carboxylic acids is 2. The highest BCUT2D eigenvalue weighted by Gasteiger charge is 2.20. The number of hydrogen-bond acceptors (Lipinski definition) is 8. The van der Waals surface area contributed by atoms with Gasteiger partial charge in [0.15, 0.2) is 11.5 Å². The molecule has 0 amide bonds. The molecule has 4 N–H and O–H groups in total. The maximum atomic E-state index is 14.0. The van der Waals surface area contributed by atoms with E-state index in [2.05, 4.69) is 35.5 Å². The molecular weight excluding hydrogens is 541 g/mol. The van der Waals surface area contributed by atoms with Gasteiger partial charge in [-0.2, -0.15) is 5.10 Å². The quantitative estimate of drug-likeness (QED) is 0.164. The van der Waals surface area contributed by atoms with E-state index in [0.29, 0.717) is 45.9 Å². The number of carboxylic acid groups (broad SMARTS) is 2. The number of nitrogens with one attached hydrogen (secondary N) is 2. The summed E-state index contributed by atoms with van der Waals surface area (Å²) in [6.07, 6.45) is 5.63. The molecule has 13 heteroatoms. The number of aromatic nitrogens is 6. The Labute approximate surface area is 232 Å². The van der Waals surface area contributed by atoms with Crippen molar-refractivity contribution in [2.75, 3.05) is 5.32 Å². The first-order valence-corrected chi connectivity index (χ1v) is 12.7. The van der Waals surface area contributed by atoms with Crippen molar-refractivity contribution in [2.45, 2.75) is 38.6 Å². The monoisotopic (exact) mass is 565 g/mol. The summed E-state index contributed by atoms with van der Waals surface area (Å²) in [7, 11) is 0. The van der Waals surface area contributed by atoms with Crippen molar-refractivity contribution < 1.29 is 24.2 Å². The third kappa shape index (κ3) is 6.83. The first-order chi connectivity index (χ1) is 19.2. The van der Waals surface area contributed by atoms with Crippen LogP contribution in [0.25, 0.3) is 33.2 Å². The number of rotatable bonds is 9. The van der Waals surface area contributed by atoms with Gasteiger partial charge in [0.2, 0.25) is 0 Å². The Balaban J connectivity index is 0.000000318. The SMILES string of the molecule is C[C@H](Nc1ncnc2[nH]cnc12)c1cc(Cl)c2ccnnc2c1-c1cccc(F)c1.O=C(O)CCCCC(=O)O. The van der Waals surface area contributed by atoms with Gasteiger partial charge in [0, 0.05) is 23.8 Å². The molecule has 0 aliphatic carbocycles. The second-order valence-corrected chi connectivity index (χ2v) is 9.22. The lowest BCUT2D eigenvalue weighted by molar-refractivity contribution is -0.139. The molecule has 40 heavy (non-hydrogen) atoms. The average molecular weight is 566 g/mol. The van der Waals surface area contributed by atoms with Gasteiger partial charge < -0.3 is 20.5 Å². The lowest BCUT2D eigenvalue weighted by Crippen LogP contribution is -2.11. The molecule has 2 aromatic carbocycles. The molecule has 0 fully saturated rings. The topological polar surface area (TPSA) is 167 Å². The standard InChI is InChI=1S/C21H15ClFN7.C6H10O4/c1-11(29-21-19-20(25-9-24-19)26-10-27-21)15-8-16(22)14-5-6-28-30-18(14)17(15)12-3-2-4-13(23)7-12;7-5(8)3-1-2-4-6(9)10/h2-11H,1H3,(H2,24,25,26,27,29);1-4H2,(H,7,8)(H,9,10)/t11-;/m0./s1. The Kier molecular flexibility index (Phi) is 9.12. The summed E-state index contributed by atoms with van der Waals surface area (Å²) in [4.78, 5) is 35.5. The molecule has 0 spiro atoms. The van der Waals surface area contributed by atoms with Gasteiger partial charge in [0.05, 0.1) is 23.6 Å². The number of nitrogens with zero attached hydrogens (tertiary/aromatic N) is 5. The van der Waals surface area contributed by atoms with E-state index in [-0.39, 0.29) is 24.7 Å². The number of unbranched alkanes of at least 4 members (excludes halogenated alkanes) is 1. The van der Waals surface area contributed by atoms with Crippen LogP contribution in [0, 0.1) is 5.82 Å². The molecule has 206 valence electrons. The summed E-state index contributed by atoms with van der Waals surface area (Å²) in [6.45, 7) is 1.97. The molecule has 0 unspecified atom stereocenters. The molecule has 0 bridgehead atoms. The van der Waals surface area contributed by atoms with Gasteiger partial charge in [-0.3, -0.25) is 9.59 Å². The summed E-state index contributed by atoms with van der Waals surface area (Å²) in [5.41, 5.74) is 4.14. The first-order valence-electron chi connectivity index (χ1n) is 12.3. The van der Waals surface area contributed by atoms with Crippen molar-refractivity contribution in [2.24, 2.45) is 0 Å². The minimum Gasteiger partial charge on any atom is -0.481 e. The van der Waals surface area contributed by atoms with Crippen molar-refractivity contribution in [1.29, 1.82) is 0 Å². The van der Waals surface area contributed by atoms with Crippen LogP contribution in [0.5, 0.6) is 0 Å². The van der Waals surface area contributed by atoms with Gasteiger partial charge >= 0.3 is 11.9 Å². The minimum absolute atomic E-state index is 0.0628. The van der Waals surface area contributed by atoms with Crippen LogP contribution >= 0.6 is 11.6 Å². The van der Waals surface area contributed by atoms with Gasteiger partial charge in [-0.15, -0.1) is 5.10 Å². The fourth-order valence-corrected chi connectivity index (χ4v) is 4.40.